The molecular formula is C15H26N4O. The van der Waals surface area contributed by atoms with Gasteiger partial charge in [-0.2, -0.15) is 5.10 Å². The van der Waals surface area contributed by atoms with E-state index in [9.17, 15) is 4.79 Å². The van der Waals surface area contributed by atoms with Crippen molar-refractivity contribution >= 4 is 5.91 Å². The van der Waals surface area contributed by atoms with Gasteiger partial charge in [0.25, 0.3) is 0 Å². The Bertz CT molecular complexity index is 392. The first-order chi connectivity index (χ1) is 9.74. The molecule has 1 aliphatic heterocycles. The van der Waals surface area contributed by atoms with Crippen LogP contribution in [0.5, 0.6) is 0 Å². The van der Waals surface area contributed by atoms with Crippen molar-refractivity contribution in [3.8, 4) is 0 Å². The van der Waals surface area contributed by atoms with E-state index in [1.165, 1.54) is 0 Å². The molecule has 0 bridgehead atoms. The quantitative estimate of drug-likeness (QED) is 0.791. The smallest absolute Gasteiger partial charge is 0.225 e. The molecule has 1 amide bonds. The van der Waals surface area contributed by atoms with Gasteiger partial charge < -0.3 is 4.90 Å². The Morgan fingerprint density at radius 2 is 1.85 bits per heavy atom. The monoisotopic (exact) mass is 278 g/mol. The number of hydrogen-bond acceptors (Lipinski definition) is 3. The van der Waals surface area contributed by atoms with Crippen molar-refractivity contribution in [2.24, 2.45) is 5.92 Å². The van der Waals surface area contributed by atoms with Crippen LogP contribution < -0.4 is 0 Å². The number of carbonyl (C=O) groups is 1. The van der Waals surface area contributed by atoms with Gasteiger partial charge in [0, 0.05) is 51.0 Å². The normalized spacial score (nSPS) is 16.9. The van der Waals surface area contributed by atoms with E-state index < -0.39 is 0 Å². The van der Waals surface area contributed by atoms with Crippen molar-refractivity contribution in [2.75, 3.05) is 32.7 Å². The summed E-state index contributed by atoms with van der Waals surface area (Å²) in [4.78, 5) is 16.8. The van der Waals surface area contributed by atoms with Crippen molar-refractivity contribution in [1.29, 1.82) is 0 Å². The fourth-order valence-electron chi connectivity index (χ4n) is 2.76. The van der Waals surface area contributed by atoms with Crippen LogP contribution in [0, 0.1) is 5.92 Å². The third-order valence-electron chi connectivity index (χ3n) is 4.22. The van der Waals surface area contributed by atoms with E-state index in [0.717, 1.165) is 52.1 Å². The van der Waals surface area contributed by atoms with E-state index >= 15 is 0 Å². The highest BCUT2D eigenvalue weighted by Gasteiger charge is 2.25. The van der Waals surface area contributed by atoms with Gasteiger partial charge in [0.2, 0.25) is 5.91 Å². The van der Waals surface area contributed by atoms with Gasteiger partial charge in [0.1, 0.15) is 0 Å². The SMILES string of the molecule is CCC(CC)C(=O)N1CCN(CCn2cccn2)CC1. The standard InChI is InChI=1S/C15H26N4O/c1-3-14(4-2)15(20)18-11-8-17(9-12-18)10-13-19-7-5-6-16-19/h5-7,14H,3-4,8-13H2,1-2H3. The number of carbonyl (C=O) groups excluding carboxylic acids is 1. The van der Waals surface area contributed by atoms with Crippen LogP contribution in [0.25, 0.3) is 0 Å². The second kappa shape index (κ2) is 7.43. The lowest BCUT2D eigenvalue weighted by molar-refractivity contribution is -0.137. The summed E-state index contributed by atoms with van der Waals surface area (Å²) in [7, 11) is 0. The molecule has 2 rings (SSSR count). The highest BCUT2D eigenvalue weighted by atomic mass is 16.2. The van der Waals surface area contributed by atoms with Gasteiger partial charge in [-0.15, -0.1) is 0 Å². The number of amides is 1. The topological polar surface area (TPSA) is 41.4 Å². The molecule has 5 nitrogen and oxygen atoms in total. The first-order valence-electron chi connectivity index (χ1n) is 7.73. The summed E-state index contributed by atoms with van der Waals surface area (Å²) in [5.41, 5.74) is 0. The predicted molar refractivity (Wildman–Crippen MR) is 79.3 cm³/mol. The van der Waals surface area contributed by atoms with Crippen molar-refractivity contribution in [1.82, 2.24) is 19.6 Å². The van der Waals surface area contributed by atoms with Crippen LogP contribution in [-0.2, 0) is 11.3 Å². The fraction of sp³-hybridized carbons (Fsp3) is 0.733. The molecule has 20 heavy (non-hydrogen) atoms. The van der Waals surface area contributed by atoms with Gasteiger partial charge >= 0.3 is 0 Å². The van der Waals surface area contributed by atoms with E-state index in [0.29, 0.717) is 5.91 Å². The van der Waals surface area contributed by atoms with Crippen LogP contribution in [0.2, 0.25) is 0 Å². The lowest BCUT2D eigenvalue weighted by Crippen LogP contribution is -2.50. The number of nitrogens with zero attached hydrogens (tertiary/aromatic N) is 4. The van der Waals surface area contributed by atoms with Gasteiger partial charge in [-0.25, -0.2) is 0 Å². The Morgan fingerprint density at radius 1 is 1.15 bits per heavy atom. The summed E-state index contributed by atoms with van der Waals surface area (Å²) in [5.74, 6) is 0.562. The minimum absolute atomic E-state index is 0.214. The largest absolute Gasteiger partial charge is 0.340 e. The molecule has 0 atom stereocenters. The van der Waals surface area contributed by atoms with Crippen molar-refractivity contribution < 1.29 is 4.79 Å². The maximum atomic E-state index is 12.3. The van der Waals surface area contributed by atoms with Gasteiger partial charge in [-0.3, -0.25) is 14.4 Å². The summed E-state index contributed by atoms with van der Waals surface area (Å²) in [6.45, 7) is 9.84. The number of aromatic nitrogens is 2. The molecule has 1 aromatic heterocycles. The average molecular weight is 278 g/mol. The summed E-state index contributed by atoms with van der Waals surface area (Å²) in [6.07, 6.45) is 5.71. The van der Waals surface area contributed by atoms with Crippen LogP contribution in [0.4, 0.5) is 0 Å². The molecule has 5 heteroatoms. The zero-order valence-electron chi connectivity index (χ0n) is 12.7. The lowest BCUT2D eigenvalue weighted by Gasteiger charge is -2.36. The minimum atomic E-state index is 0.214. The summed E-state index contributed by atoms with van der Waals surface area (Å²) < 4.78 is 1.96. The van der Waals surface area contributed by atoms with E-state index in [1.54, 1.807) is 0 Å². The Kier molecular flexibility index (Phi) is 5.59. The predicted octanol–water partition coefficient (Wildman–Crippen LogP) is 1.46. The van der Waals surface area contributed by atoms with Crippen LogP contribution >= 0.6 is 0 Å². The second-order valence-electron chi connectivity index (χ2n) is 5.45. The van der Waals surface area contributed by atoms with Gasteiger partial charge in [-0.05, 0) is 18.9 Å². The number of piperazine rings is 1. The molecule has 1 saturated heterocycles. The van der Waals surface area contributed by atoms with E-state index in [2.05, 4.69) is 23.8 Å². The summed E-state index contributed by atoms with van der Waals surface area (Å²) >= 11 is 0. The molecule has 1 aromatic rings. The molecule has 0 unspecified atom stereocenters. The molecular weight excluding hydrogens is 252 g/mol. The zero-order valence-corrected chi connectivity index (χ0v) is 12.7. The Hall–Kier alpha value is -1.36. The van der Waals surface area contributed by atoms with E-state index in [1.807, 2.05) is 28.0 Å². The average Bonchev–Trinajstić information content (AvgIpc) is 3.00. The third-order valence-corrected chi connectivity index (χ3v) is 4.22. The van der Waals surface area contributed by atoms with Crippen LogP contribution in [-0.4, -0.2) is 58.2 Å². The molecule has 0 aliphatic carbocycles. The number of hydrogen-bond donors (Lipinski definition) is 0. The molecule has 1 fully saturated rings. The highest BCUT2D eigenvalue weighted by molar-refractivity contribution is 5.78. The van der Waals surface area contributed by atoms with Gasteiger partial charge in [-0.1, -0.05) is 13.8 Å². The minimum Gasteiger partial charge on any atom is -0.340 e. The maximum Gasteiger partial charge on any atom is 0.225 e. The van der Waals surface area contributed by atoms with Crippen molar-refractivity contribution in [3.63, 3.8) is 0 Å². The molecule has 0 spiro atoms. The molecule has 0 aromatic carbocycles. The highest BCUT2D eigenvalue weighted by Crippen LogP contribution is 2.13. The Balaban J connectivity index is 1.73. The summed E-state index contributed by atoms with van der Waals surface area (Å²) in [5, 5.41) is 4.21. The maximum absolute atomic E-state index is 12.3. The molecule has 0 radical (unpaired) electrons. The molecule has 112 valence electrons. The molecule has 2 heterocycles. The molecule has 1 aliphatic rings. The first kappa shape index (κ1) is 15.0. The van der Waals surface area contributed by atoms with E-state index in [-0.39, 0.29) is 5.92 Å². The Labute approximate surface area is 121 Å². The van der Waals surface area contributed by atoms with Gasteiger partial charge in [0.15, 0.2) is 0 Å². The van der Waals surface area contributed by atoms with Crippen LogP contribution in [0.3, 0.4) is 0 Å². The number of rotatable bonds is 6. The third kappa shape index (κ3) is 3.82. The van der Waals surface area contributed by atoms with Crippen LogP contribution in [0.15, 0.2) is 18.5 Å². The van der Waals surface area contributed by atoms with Crippen LogP contribution in [0.1, 0.15) is 26.7 Å². The molecule has 0 N–H and O–H groups in total. The zero-order chi connectivity index (χ0) is 14.4. The first-order valence-corrected chi connectivity index (χ1v) is 7.73. The Morgan fingerprint density at radius 3 is 2.40 bits per heavy atom. The lowest BCUT2D eigenvalue weighted by atomic mass is 10.0. The van der Waals surface area contributed by atoms with Crippen molar-refractivity contribution in [2.45, 2.75) is 33.2 Å². The molecule has 0 saturated carbocycles. The summed E-state index contributed by atoms with van der Waals surface area (Å²) in [6, 6.07) is 1.95. The second-order valence-corrected chi connectivity index (χ2v) is 5.45. The van der Waals surface area contributed by atoms with E-state index in [4.69, 9.17) is 0 Å². The van der Waals surface area contributed by atoms with Crippen molar-refractivity contribution in [3.05, 3.63) is 18.5 Å². The van der Waals surface area contributed by atoms with Gasteiger partial charge in [0.05, 0.1) is 6.54 Å². The fourth-order valence-corrected chi connectivity index (χ4v) is 2.76.